The topological polar surface area (TPSA) is 29.3 Å². The highest BCUT2D eigenvalue weighted by molar-refractivity contribution is 5.14. The molecule has 1 heterocycles. The van der Waals surface area contributed by atoms with Crippen LogP contribution in [0.15, 0.2) is 30.3 Å². The molecular weight excluding hydrogens is 196 g/mol. The van der Waals surface area contributed by atoms with E-state index in [0.29, 0.717) is 6.04 Å². The van der Waals surface area contributed by atoms with Gasteiger partial charge in [0.2, 0.25) is 0 Å². The van der Waals surface area contributed by atoms with Gasteiger partial charge in [-0.2, -0.15) is 0 Å². The molecule has 86 valence electrons. The van der Waals surface area contributed by atoms with Gasteiger partial charge in [0.25, 0.3) is 0 Å². The molecule has 1 aliphatic carbocycles. The average molecular weight is 216 g/mol. The molecule has 1 saturated heterocycles. The van der Waals surface area contributed by atoms with Crippen molar-refractivity contribution in [2.24, 2.45) is 17.6 Å². The molecule has 0 spiro atoms. The van der Waals surface area contributed by atoms with Crippen molar-refractivity contribution >= 4 is 0 Å². The van der Waals surface area contributed by atoms with Crippen LogP contribution in [0.1, 0.15) is 18.4 Å². The first-order chi connectivity index (χ1) is 7.83. The summed E-state index contributed by atoms with van der Waals surface area (Å²) in [6, 6.07) is 11.2. The van der Waals surface area contributed by atoms with Crippen molar-refractivity contribution < 1.29 is 0 Å². The number of hydrogen-bond acceptors (Lipinski definition) is 2. The van der Waals surface area contributed by atoms with Crippen LogP contribution in [-0.2, 0) is 6.54 Å². The van der Waals surface area contributed by atoms with E-state index in [-0.39, 0.29) is 0 Å². The molecule has 0 aromatic heterocycles. The summed E-state index contributed by atoms with van der Waals surface area (Å²) in [5.74, 6) is 1.50. The molecule has 2 N–H and O–H groups in total. The Morgan fingerprint density at radius 3 is 2.31 bits per heavy atom. The van der Waals surface area contributed by atoms with Gasteiger partial charge in [0.15, 0.2) is 0 Å². The number of hydrogen-bond donors (Lipinski definition) is 1. The van der Waals surface area contributed by atoms with Gasteiger partial charge in [-0.15, -0.1) is 0 Å². The van der Waals surface area contributed by atoms with Crippen molar-refractivity contribution in [1.82, 2.24) is 4.90 Å². The molecule has 1 aliphatic heterocycles. The summed E-state index contributed by atoms with van der Waals surface area (Å²) in [6.45, 7) is 3.50. The van der Waals surface area contributed by atoms with Crippen LogP contribution < -0.4 is 5.73 Å². The van der Waals surface area contributed by atoms with Gasteiger partial charge in [0, 0.05) is 25.7 Å². The number of fused-ring (bicyclic) bond motifs is 2. The Morgan fingerprint density at radius 1 is 1.06 bits per heavy atom. The van der Waals surface area contributed by atoms with Gasteiger partial charge in [-0.3, -0.25) is 4.90 Å². The third kappa shape index (κ3) is 1.87. The predicted octanol–water partition coefficient (Wildman–Crippen LogP) is 1.86. The van der Waals surface area contributed by atoms with Gasteiger partial charge >= 0.3 is 0 Å². The summed E-state index contributed by atoms with van der Waals surface area (Å²) in [4.78, 5) is 2.58. The fourth-order valence-electron chi connectivity index (χ4n) is 3.33. The van der Waals surface area contributed by atoms with Crippen LogP contribution in [-0.4, -0.2) is 24.0 Å². The zero-order chi connectivity index (χ0) is 11.0. The van der Waals surface area contributed by atoms with E-state index in [4.69, 9.17) is 5.73 Å². The van der Waals surface area contributed by atoms with Crippen molar-refractivity contribution in [3.63, 3.8) is 0 Å². The number of rotatable bonds is 2. The quantitative estimate of drug-likeness (QED) is 0.817. The maximum atomic E-state index is 6.21. The fourth-order valence-corrected chi connectivity index (χ4v) is 3.33. The second-order valence-electron chi connectivity index (χ2n) is 5.35. The summed E-state index contributed by atoms with van der Waals surface area (Å²) in [5, 5.41) is 0. The van der Waals surface area contributed by atoms with Gasteiger partial charge in [-0.25, -0.2) is 0 Å². The monoisotopic (exact) mass is 216 g/mol. The summed E-state index contributed by atoms with van der Waals surface area (Å²) >= 11 is 0. The molecule has 2 bridgehead atoms. The van der Waals surface area contributed by atoms with Crippen LogP contribution >= 0.6 is 0 Å². The molecule has 1 saturated carbocycles. The number of piperidine rings is 1. The van der Waals surface area contributed by atoms with Crippen LogP contribution in [0.3, 0.4) is 0 Å². The van der Waals surface area contributed by atoms with E-state index in [2.05, 4.69) is 35.2 Å². The molecule has 1 aromatic rings. The zero-order valence-corrected chi connectivity index (χ0v) is 9.68. The van der Waals surface area contributed by atoms with Crippen molar-refractivity contribution in [2.75, 3.05) is 13.1 Å². The zero-order valence-electron chi connectivity index (χ0n) is 9.68. The number of likely N-dealkylation sites (tertiary alicyclic amines) is 1. The van der Waals surface area contributed by atoms with Crippen molar-refractivity contribution in [3.8, 4) is 0 Å². The van der Waals surface area contributed by atoms with Gasteiger partial charge in [-0.05, 0) is 30.2 Å². The van der Waals surface area contributed by atoms with E-state index < -0.39 is 0 Å². The van der Waals surface area contributed by atoms with Crippen LogP contribution in [0.4, 0.5) is 0 Å². The lowest BCUT2D eigenvalue weighted by molar-refractivity contribution is 0.140. The maximum absolute atomic E-state index is 6.21. The van der Waals surface area contributed by atoms with E-state index in [1.807, 2.05) is 0 Å². The smallest absolute Gasteiger partial charge is 0.0233 e. The Morgan fingerprint density at radius 2 is 1.69 bits per heavy atom. The third-order valence-corrected chi connectivity index (χ3v) is 4.23. The Balaban J connectivity index is 1.66. The summed E-state index contributed by atoms with van der Waals surface area (Å²) in [7, 11) is 0. The molecule has 16 heavy (non-hydrogen) atoms. The van der Waals surface area contributed by atoms with E-state index in [9.17, 15) is 0 Å². The lowest BCUT2D eigenvalue weighted by Crippen LogP contribution is -2.48. The summed E-state index contributed by atoms with van der Waals surface area (Å²) in [6.07, 6.45) is 2.69. The Hall–Kier alpha value is -0.860. The second kappa shape index (κ2) is 4.19. The molecule has 1 aromatic carbocycles. The molecule has 0 amide bonds. The highest BCUT2D eigenvalue weighted by Gasteiger charge is 2.39. The minimum Gasteiger partial charge on any atom is -0.327 e. The van der Waals surface area contributed by atoms with Crippen LogP contribution in [0, 0.1) is 11.8 Å². The van der Waals surface area contributed by atoms with Gasteiger partial charge in [0.1, 0.15) is 0 Å². The molecule has 2 heteroatoms. The third-order valence-electron chi connectivity index (χ3n) is 4.23. The summed E-state index contributed by atoms with van der Waals surface area (Å²) in [5.41, 5.74) is 7.64. The van der Waals surface area contributed by atoms with E-state index in [0.717, 1.165) is 18.4 Å². The number of nitrogens with two attached hydrogens (primary N) is 1. The Labute approximate surface area is 97.4 Å². The molecular formula is C14H20N2. The average Bonchev–Trinajstić information content (AvgIpc) is 2.54. The van der Waals surface area contributed by atoms with Crippen molar-refractivity contribution in [1.29, 1.82) is 0 Å². The van der Waals surface area contributed by atoms with E-state index >= 15 is 0 Å². The standard InChI is InChI=1S/C14H20N2/c15-14-12-6-7-13(14)10-16(9-12)8-11-4-2-1-3-5-11/h1-5,12-14H,6-10,15H2/t12-,13?,14?/m0/s1. The second-order valence-corrected chi connectivity index (χ2v) is 5.35. The number of nitrogens with zero attached hydrogens (tertiary/aromatic N) is 1. The number of benzene rings is 1. The van der Waals surface area contributed by atoms with E-state index in [1.165, 1.54) is 31.5 Å². The first-order valence-corrected chi connectivity index (χ1v) is 6.35. The van der Waals surface area contributed by atoms with Gasteiger partial charge < -0.3 is 5.73 Å². The Bertz CT molecular complexity index is 335. The molecule has 2 nitrogen and oxygen atoms in total. The van der Waals surface area contributed by atoms with Crippen LogP contribution in [0.2, 0.25) is 0 Å². The highest BCUT2D eigenvalue weighted by Crippen LogP contribution is 2.35. The normalized spacial score (nSPS) is 34.2. The molecule has 3 rings (SSSR count). The van der Waals surface area contributed by atoms with Crippen LogP contribution in [0.5, 0.6) is 0 Å². The van der Waals surface area contributed by atoms with Crippen LogP contribution in [0.25, 0.3) is 0 Å². The molecule has 2 unspecified atom stereocenters. The van der Waals surface area contributed by atoms with Crippen molar-refractivity contribution in [2.45, 2.75) is 25.4 Å². The van der Waals surface area contributed by atoms with Crippen molar-refractivity contribution in [3.05, 3.63) is 35.9 Å². The lowest BCUT2D eigenvalue weighted by atomic mass is 9.93. The highest BCUT2D eigenvalue weighted by atomic mass is 15.2. The molecule has 2 aliphatic rings. The first-order valence-electron chi connectivity index (χ1n) is 6.35. The van der Waals surface area contributed by atoms with Gasteiger partial charge in [0.05, 0.1) is 0 Å². The minimum absolute atomic E-state index is 0.479. The molecule has 0 radical (unpaired) electrons. The van der Waals surface area contributed by atoms with E-state index in [1.54, 1.807) is 0 Å². The summed E-state index contributed by atoms with van der Waals surface area (Å²) < 4.78 is 0. The Kier molecular flexibility index (Phi) is 2.70. The largest absolute Gasteiger partial charge is 0.327 e. The first kappa shape index (κ1) is 10.3. The van der Waals surface area contributed by atoms with Gasteiger partial charge in [-0.1, -0.05) is 30.3 Å². The lowest BCUT2D eigenvalue weighted by Gasteiger charge is -2.36. The predicted molar refractivity (Wildman–Crippen MR) is 65.9 cm³/mol. The maximum Gasteiger partial charge on any atom is 0.0233 e. The fraction of sp³-hybridized carbons (Fsp3) is 0.571. The molecule has 2 fully saturated rings. The minimum atomic E-state index is 0.479. The SMILES string of the molecule is NC1C2CC[C@H]1CN(Cc1ccccc1)C2. The molecule has 3 atom stereocenters.